The van der Waals surface area contributed by atoms with Crippen molar-refractivity contribution in [2.24, 2.45) is 0 Å². The molecule has 0 atom stereocenters. The topological polar surface area (TPSA) is 91.8 Å². The highest BCUT2D eigenvalue weighted by molar-refractivity contribution is 7.13. The molecule has 90 valence electrons. The van der Waals surface area contributed by atoms with Crippen LogP contribution < -0.4 is 0 Å². The van der Waals surface area contributed by atoms with Crippen molar-refractivity contribution in [3.8, 4) is 10.7 Å². The first-order chi connectivity index (χ1) is 8.65. The van der Waals surface area contributed by atoms with Crippen molar-refractivity contribution in [1.82, 2.24) is 20.2 Å². The summed E-state index contributed by atoms with van der Waals surface area (Å²) < 4.78 is 0. The maximum absolute atomic E-state index is 10.8. The van der Waals surface area contributed by atoms with Gasteiger partial charge >= 0.3 is 5.97 Å². The van der Waals surface area contributed by atoms with Gasteiger partial charge < -0.3 is 5.11 Å². The Morgan fingerprint density at radius 2 is 2.28 bits per heavy atom. The molecule has 0 aromatic carbocycles. The monoisotopic (exact) mass is 280 g/mol. The van der Waals surface area contributed by atoms with Crippen LogP contribution in [0.25, 0.3) is 21.7 Å². The van der Waals surface area contributed by atoms with E-state index in [9.17, 15) is 4.79 Å². The number of carboxylic acids is 1. The Balaban J connectivity index is 2.15. The van der Waals surface area contributed by atoms with E-state index in [1.54, 1.807) is 6.20 Å². The number of aromatic nitrogens is 4. The molecule has 0 aliphatic rings. The highest BCUT2D eigenvalue weighted by Gasteiger charge is 2.13. The number of carbonyl (C=O) groups is 1. The van der Waals surface area contributed by atoms with Crippen LogP contribution >= 0.6 is 22.9 Å². The van der Waals surface area contributed by atoms with E-state index in [1.807, 2.05) is 0 Å². The summed E-state index contributed by atoms with van der Waals surface area (Å²) in [6.07, 6.45) is 1.61. The number of rotatable bonds is 2. The molecule has 0 radical (unpaired) electrons. The molecule has 6 nitrogen and oxygen atoms in total. The third-order valence-corrected chi connectivity index (χ3v) is 3.50. The summed E-state index contributed by atoms with van der Waals surface area (Å²) in [6, 6.07) is 1.52. The van der Waals surface area contributed by atoms with Crippen LogP contribution in [0.4, 0.5) is 0 Å². The van der Waals surface area contributed by atoms with Gasteiger partial charge in [-0.15, -0.1) is 11.3 Å². The lowest BCUT2D eigenvalue weighted by atomic mass is 10.3. The van der Waals surface area contributed by atoms with E-state index in [0.29, 0.717) is 21.7 Å². The van der Waals surface area contributed by atoms with Crippen LogP contribution in [-0.2, 0) is 0 Å². The van der Waals surface area contributed by atoms with Crippen molar-refractivity contribution in [3.63, 3.8) is 0 Å². The SMILES string of the molecule is O=C(O)c1csc(-c2nc(Cl)c3n[nH]cc3n2)c1. The van der Waals surface area contributed by atoms with Crippen LogP contribution in [0.2, 0.25) is 5.15 Å². The molecule has 0 saturated carbocycles. The lowest BCUT2D eigenvalue weighted by Crippen LogP contribution is -1.92. The van der Waals surface area contributed by atoms with Gasteiger partial charge in [0.2, 0.25) is 0 Å². The number of aromatic amines is 1. The Morgan fingerprint density at radius 3 is 3.00 bits per heavy atom. The number of aromatic carboxylic acids is 1. The fourth-order valence-corrected chi connectivity index (χ4v) is 2.52. The van der Waals surface area contributed by atoms with E-state index in [4.69, 9.17) is 16.7 Å². The number of carboxylic acid groups (broad SMARTS) is 1. The fourth-order valence-electron chi connectivity index (χ4n) is 1.48. The molecule has 0 spiro atoms. The van der Waals surface area contributed by atoms with Gasteiger partial charge in [0.25, 0.3) is 0 Å². The summed E-state index contributed by atoms with van der Waals surface area (Å²) in [5.74, 6) is -0.584. The smallest absolute Gasteiger partial charge is 0.336 e. The van der Waals surface area contributed by atoms with E-state index in [1.165, 1.54) is 22.8 Å². The minimum Gasteiger partial charge on any atom is -0.478 e. The zero-order valence-corrected chi connectivity index (χ0v) is 10.3. The van der Waals surface area contributed by atoms with Gasteiger partial charge in [0.1, 0.15) is 11.0 Å². The minimum atomic E-state index is -0.979. The van der Waals surface area contributed by atoms with Crippen molar-refractivity contribution in [2.45, 2.75) is 0 Å². The molecule has 3 rings (SSSR count). The van der Waals surface area contributed by atoms with Gasteiger partial charge in [-0.05, 0) is 6.07 Å². The Hall–Kier alpha value is -1.99. The van der Waals surface area contributed by atoms with Crippen LogP contribution in [0.1, 0.15) is 10.4 Å². The van der Waals surface area contributed by atoms with Crippen molar-refractivity contribution < 1.29 is 9.90 Å². The Kier molecular flexibility index (Phi) is 2.49. The van der Waals surface area contributed by atoms with E-state index in [2.05, 4.69) is 20.2 Å². The highest BCUT2D eigenvalue weighted by Crippen LogP contribution is 2.27. The molecular weight excluding hydrogens is 276 g/mol. The predicted octanol–water partition coefficient (Wildman–Crippen LogP) is 2.43. The lowest BCUT2D eigenvalue weighted by molar-refractivity contribution is 0.0697. The van der Waals surface area contributed by atoms with Gasteiger partial charge in [0.05, 0.1) is 10.4 Å². The quantitative estimate of drug-likeness (QED) is 0.703. The fraction of sp³-hybridized carbons (Fsp3) is 0. The molecule has 0 saturated heterocycles. The largest absolute Gasteiger partial charge is 0.478 e. The number of hydrogen-bond donors (Lipinski definition) is 2. The Labute approximate surface area is 109 Å². The molecule has 0 bridgehead atoms. The van der Waals surface area contributed by atoms with Crippen LogP contribution in [0.5, 0.6) is 0 Å². The summed E-state index contributed by atoms with van der Waals surface area (Å²) in [6.45, 7) is 0. The van der Waals surface area contributed by atoms with Crippen LogP contribution in [0.3, 0.4) is 0 Å². The standard InChI is InChI=1S/C10H5ClN4O2S/c11-8-7-5(2-12-15-7)13-9(14-8)6-1-4(3-18-6)10(16)17/h1-3H,(H,12,15)(H,16,17). The van der Waals surface area contributed by atoms with Crippen molar-refractivity contribution >= 4 is 39.9 Å². The minimum absolute atomic E-state index is 0.210. The van der Waals surface area contributed by atoms with E-state index in [-0.39, 0.29) is 10.7 Å². The van der Waals surface area contributed by atoms with E-state index < -0.39 is 5.97 Å². The first-order valence-corrected chi connectivity index (χ1v) is 6.10. The maximum Gasteiger partial charge on any atom is 0.336 e. The predicted molar refractivity (Wildman–Crippen MR) is 67.0 cm³/mol. The first-order valence-electron chi connectivity index (χ1n) is 4.84. The van der Waals surface area contributed by atoms with Crippen molar-refractivity contribution in [2.75, 3.05) is 0 Å². The molecule has 2 N–H and O–H groups in total. The third-order valence-electron chi connectivity index (χ3n) is 2.31. The van der Waals surface area contributed by atoms with Crippen molar-refractivity contribution in [1.29, 1.82) is 0 Å². The average Bonchev–Trinajstić information content (AvgIpc) is 2.97. The number of halogens is 1. The summed E-state index contributed by atoms with van der Waals surface area (Å²) in [4.78, 5) is 19.8. The number of nitrogens with one attached hydrogen (secondary N) is 1. The normalized spacial score (nSPS) is 10.9. The molecule has 0 unspecified atom stereocenters. The van der Waals surface area contributed by atoms with Crippen molar-refractivity contribution in [3.05, 3.63) is 28.4 Å². The maximum atomic E-state index is 10.8. The van der Waals surface area contributed by atoms with Gasteiger partial charge in [-0.25, -0.2) is 14.8 Å². The third kappa shape index (κ3) is 1.73. The molecule has 0 aliphatic carbocycles. The van der Waals surface area contributed by atoms with Gasteiger partial charge in [0.15, 0.2) is 11.0 Å². The summed E-state index contributed by atoms with van der Waals surface area (Å²) in [5.41, 5.74) is 1.30. The molecule has 0 amide bonds. The molecular formula is C10H5ClN4O2S. The second-order valence-electron chi connectivity index (χ2n) is 3.46. The van der Waals surface area contributed by atoms with Crippen LogP contribution in [-0.4, -0.2) is 31.2 Å². The van der Waals surface area contributed by atoms with Gasteiger partial charge in [-0.3, -0.25) is 5.10 Å². The number of thiophene rings is 1. The molecule has 3 heterocycles. The Bertz CT molecular complexity index is 751. The molecule has 8 heteroatoms. The van der Waals surface area contributed by atoms with Gasteiger partial charge in [0, 0.05) is 11.6 Å². The molecule has 18 heavy (non-hydrogen) atoms. The first kappa shape index (κ1) is 11.1. The Morgan fingerprint density at radius 1 is 1.44 bits per heavy atom. The summed E-state index contributed by atoms with van der Waals surface area (Å²) >= 11 is 7.23. The molecule has 0 fully saturated rings. The summed E-state index contributed by atoms with van der Waals surface area (Å²) in [7, 11) is 0. The lowest BCUT2D eigenvalue weighted by Gasteiger charge is -1.97. The average molecular weight is 281 g/mol. The van der Waals surface area contributed by atoms with Crippen LogP contribution in [0.15, 0.2) is 17.6 Å². The zero-order valence-electron chi connectivity index (χ0n) is 8.72. The zero-order chi connectivity index (χ0) is 12.7. The van der Waals surface area contributed by atoms with Gasteiger partial charge in [-0.1, -0.05) is 11.6 Å². The van der Waals surface area contributed by atoms with E-state index >= 15 is 0 Å². The molecule has 3 aromatic heterocycles. The van der Waals surface area contributed by atoms with Gasteiger partial charge in [-0.2, -0.15) is 5.10 Å². The second-order valence-corrected chi connectivity index (χ2v) is 4.73. The van der Waals surface area contributed by atoms with E-state index in [0.717, 1.165) is 0 Å². The van der Waals surface area contributed by atoms with Crippen LogP contribution in [0, 0.1) is 0 Å². The number of nitrogens with zero attached hydrogens (tertiary/aromatic N) is 3. The molecule has 3 aromatic rings. The highest BCUT2D eigenvalue weighted by atomic mass is 35.5. The number of fused-ring (bicyclic) bond motifs is 1. The number of hydrogen-bond acceptors (Lipinski definition) is 5. The number of H-pyrrole nitrogens is 1. The molecule has 0 aliphatic heterocycles. The second kappa shape index (κ2) is 4.04. The summed E-state index contributed by atoms with van der Waals surface area (Å²) in [5, 5.41) is 17.2.